The smallest absolute Gasteiger partial charge is 0.465 e. The summed E-state index contributed by atoms with van der Waals surface area (Å²) in [6.07, 6.45) is -3.45. The molecule has 0 amide bonds. The van der Waals surface area contributed by atoms with Crippen LogP contribution in [0.1, 0.15) is 15.9 Å². The minimum absolute atomic E-state index is 0.232. The van der Waals surface area contributed by atoms with Crippen molar-refractivity contribution in [3.63, 3.8) is 0 Å². The molecule has 0 N–H and O–H groups in total. The van der Waals surface area contributed by atoms with Crippen LogP contribution in [0.3, 0.4) is 0 Å². The van der Waals surface area contributed by atoms with E-state index in [2.05, 4.69) is 14.5 Å². The van der Waals surface area contributed by atoms with Crippen LogP contribution in [-0.2, 0) is 11.3 Å². The lowest BCUT2D eigenvalue weighted by atomic mass is 10.2. The number of alkyl halides is 3. The van der Waals surface area contributed by atoms with E-state index in [9.17, 15) is 18.0 Å². The number of aromatic nitrogens is 1. The van der Waals surface area contributed by atoms with Gasteiger partial charge >= 0.3 is 12.3 Å². The molecule has 26 heavy (non-hydrogen) atoms. The van der Waals surface area contributed by atoms with E-state index in [0.717, 1.165) is 12.1 Å². The Morgan fingerprint density at radius 1 is 1.15 bits per heavy atom. The third kappa shape index (κ3) is 5.62. The summed E-state index contributed by atoms with van der Waals surface area (Å²) >= 11 is 0. The number of halogens is 3. The number of methoxy groups -OCH3 is 1. The summed E-state index contributed by atoms with van der Waals surface area (Å²) in [6.45, 7) is 0.433. The van der Waals surface area contributed by atoms with E-state index in [1.165, 1.54) is 25.4 Å². The van der Waals surface area contributed by atoms with Gasteiger partial charge in [0, 0.05) is 18.3 Å². The normalized spacial score (nSPS) is 11.3. The molecular weight excluding hydrogens is 353 g/mol. The third-order valence-corrected chi connectivity index (χ3v) is 3.10. The molecule has 6 nitrogen and oxygen atoms in total. The quantitative estimate of drug-likeness (QED) is 0.724. The molecule has 0 spiro atoms. The summed E-state index contributed by atoms with van der Waals surface area (Å²) in [6, 6.07) is 6.52. The van der Waals surface area contributed by atoms with E-state index in [0.29, 0.717) is 12.1 Å². The first kappa shape index (κ1) is 19.5. The molecule has 9 heteroatoms. The Kier molecular flexibility index (Phi) is 6.04. The molecule has 2 aromatic rings. The van der Waals surface area contributed by atoms with Gasteiger partial charge in [0.25, 0.3) is 0 Å². The molecule has 140 valence electrons. The van der Waals surface area contributed by atoms with E-state index in [1.807, 2.05) is 19.0 Å². The summed E-state index contributed by atoms with van der Waals surface area (Å²) < 4.78 is 50.7. The van der Waals surface area contributed by atoms with Crippen LogP contribution in [0.4, 0.5) is 13.2 Å². The van der Waals surface area contributed by atoms with Crippen LogP contribution in [0.2, 0.25) is 0 Å². The van der Waals surface area contributed by atoms with Crippen LogP contribution in [-0.4, -0.2) is 43.4 Å². The van der Waals surface area contributed by atoms with Crippen molar-refractivity contribution in [2.45, 2.75) is 12.9 Å². The van der Waals surface area contributed by atoms with Crippen molar-refractivity contribution in [3.05, 3.63) is 47.7 Å². The highest BCUT2D eigenvalue weighted by atomic mass is 19.4. The Bertz CT molecular complexity index is 762. The summed E-state index contributed by atoms with van der Waals surface area (Å²) in [4.78, 5) is 17.6. The average Bonchev–Trinajstić information content (AvgIpc) is 2.55. The molecule has 1 aromatic carbocycles. The van der Waals surface area contributed by atoms with Gasteiger partial charge in [0.2, 0.25) is 5.88 Å². The molecule has 0 saturated carbocycles. The van der Waals surface area contributed by atoms with Crippen molar-refractivity contribution in [3.8, 4) is 17.4 Å². The highest BCUT2D eigenvalue weighted by molar-refractivity contribution is 5.89. The number of pyridine rings is 1. The molecule has 0 fully saturated rings. The van der Waals surface area contributed by atoms with Gasteiger partial charge in [0.15, 0.2) is 0 Å². The van der Waals surface area contributed by atoms with E-state index in [4.69, 9.17) is 4.74 Å². The number of nitrogens with zero attached hydrogens (tertiary/aromatic N) is 2. The minimum Gasteiger partial charge on any atom is -0.465 e. The zero-order valence-corrected chi connectivity index (χ0v) is 14.3. The number of ether oxygens (including phenoxy) is 3. The summed E-state index contributed by atoms with van der Waals surface area (Å²) in [5.74, 6) is -0.376. The Morgan fingerprint density at radius 3 is 2.31 bits per heavy atom. The molecule has 0 bridgehead atoms. The van der Waals surface area contributed by atoms with Gasteiger partial charge in [-0.3, -0.25) is 0 Å². The van der Waals surface area contributed by atoms with Gasteiger partial charge in [0.05, 0.1) is 12.7 Å². The minimum atomic E-state index is -4.76. The van der Waals surface area contributed by atoms with Crippen LogP contribution >= 0.6 is 0 Å². The lowest BCUT2D eigenvalue weighted by molar-refractivity contribution is -0.274. The lowest BCUT2D eigenvalue weighted by Gasteiger charge is -2.15. The Hall–Kier alpha value is -2.81. The van der Waals surface area contributed by atoms with E-state index < -0.39 is 12.3 Å². The molecule has 0 aliphatic rings. The van der Waals surface area contributed by atoms with Gasteiger partial charge in [-0.2, -0.15) is 0 Å². The van der Waals surface area contributed by atoms with Gasteiger partial charge in [-0.25, -0.2) is 9.78 Å². The fourth-order valence-electron chi connectivity index (χ4n) is 2.09. The number of carbonyl (C=O) groups excluding carboxylic acids is 1. The molecule has 0 unspecified atom stereocenters. The first-order valence-corrected chi connectivity index (χ1v) is 7.43. The van der Waals surface area contributed by atoms with E-state index >= 15 is 0 Å². The maximum absolute atomic E-state index is 12.2. The van der Waals surface area contributed by atoms with Gasteiger partial charge in [-0.15, -0.1) is 13.2 Å². The predicted octanol–water partition coefficient (Wildman–Crippen LogP) is 3.62. The summed E-state index contributed by atoms with van der Waals surface area (Å²) in [5.41, 5.74) is 0.888. The number of hydrogen-bond donors (Lipinski definition) is 0. The van der Waals surface area contributed by atoms with Crippen LogP contribution in [0.5, 0.6) is 17.4 Å². The van der Waals surface area contributed by atoms with Crippen molar-refractivity contribution in [1.82, 2.24) is 9.88 Å². The molecule has 0 radical (unpaired) electrons. The van der Waals surface area contributed by atoms with Crippen molar-refractivity contribution >= 4 is 5.97 Å². The molecular formula is C17H17F3N2O4. The predicted molar refractivity (Wildman–Crippen MR) is 86.2 cm³/mol. The van der Waals surface area contributed by atoms with Gasteiger partial charge in [-0.1, -0.05) is 0 Å². The Labute approximate surface area is 148 Å². The third-order valence-electron chi connectivity index (χ3n) is 3.10. The van der Waals surface area contributed by atoms with Crippen LogP contribution in [0.25, 0.3) is 0 Å². The maximum Gasteiger partial charge on any atom is 0.573 e. The molecule has 1 aromatic heterocycles. The molecule has 1 heterocycles. The second kappa shape index (κ2) is 8.05. The molecule has 0 atom stereocenters. The zero-order valence-electron chi connectivity index (χ0n) is 14.3. The first-order chi connectivity index (χ1) is 12.2. The van der Waals surface area contributed by atoms with Gasteiger partial charge in [-0.05, 0) is 44.4 Å². The highest BCUT2D eigenvalue weighted by Gasteiger charge is 2.31. The Morgan fingerprint density at radius 2 is 1.77 bits per heavy atom. The first-order valence-electron chi connectivity index (χ1n) is 7.43. The topological polar surface area (TPSA) is 60.9 Å². The van der Waals surface area contributed by atoms with Gasteiger partial charge < -0.3 is 19.1 Å². The summed E-state index contributed by atoms with van der Waals surface area (Å²) in [7, 11) is 4.93. The highest BCUT2D eigenvalue weighted by Crippen LogP contribution is 2.28. The van der Waals surface area contributed by atoms with Crippen molar-refractivity contribution < 1.29 is 32.2 Å². The fraction of sp³-hybridized carbons (Fsp3) is 0.294. The SMILES string of the molecule is COC(=O)c1cnc(Oc2ccc(OC(F)(F)F)cc2)c(CN(C)C)c1. The van der Waals surface area contributed by atoms with E-state index in [1.54, 1.807) is 6.07 Å². The second-order valence-corrected chi connectivity index (χ2v) is 5.54. The Balaban J connectivity index is 2.23. The fourth-order valence-corrected chi connectivity index (χ4v) is 2.09. The number of esters is 1. The van der Waals surface area contributed by atoms with Crippen LogP contribution in [0.15, 0.2) is 36.5 Å². The van der Waals surface area contributed by atoms with Crippen LogP contribution in [0, 0.1) is 0 Å². The second-order valence-electron chi connectivity index (χ2n) is 5.54. The van der Waals surface area contributed by atoms with Crippen molar-refractivity contribution in [2.24, 2.45) is 0 Å². The molecule has 0 aliphatic carbocycles. The summed E-state index contributed by atoms with van der Waals surface area (Å²) in [5, 5.41) is 0. The van der Waals surface area contributed by atoms with Crippen molar-refractivity contribution in [1.29, 1.82) is 0 Å². The van der Waals surface area contributed by atoms with Crippen LogP contribution < -0.4 is 9.47 Å². The number of rotatable bonds is 6. The lowest BCUT2D eigenvalue weighted by Crippen LogP contribution is -2.16. The molecule has 0 saturated heterocycles. The number of hydrogen-bond acceptors (Lipinski definition) is 6. The largest absolute Gasteiger partial charge is 0.573 e. The molecule has 0 aliphatic heterocycles. The average molecular weight is 370 g/mol. The number of benzene rings is 1. The number of carbonyl (C=O) groups is 1. The van der Waals surface area contributed by atoms with E-state index in [-0.39, 0.29) is 22.9 Å². The van der Waals surface area contributed by atoms with Crippen molar-refractivity contribution in [2.75, 3.05) is 21.2 Å². The maximum atomic E-state index is 12.2. The standard InChI is InChI=1S/C17H17F3N2O4/c1-22(2)10-12-8-11(16(23)24-3)9-21-15(12)25-13-4-6-14(7-5-13)26-17(18,19)20/h4-9H,10H2,1-3H3. The van der Waals surface area contributed by atoms with Gasteiger partial charge in [0.1, 0.15) is 11.5 Å². The molecule has 2 rings (SSSR count). The monoisotopic (exact) mass is 370 g/mol. The zero-order chi connectivity index (χ0) is 19.3.